The van der Waals surface area contributed by atoms with Gasteiger partial charge in [0, 0.05) is 18.8 Å². The number of nitrogens with zero attached hydrogens (tertiary/aromatic N) is 1. The van der Waals surface area contributed by atoms with Crippen molar-refractivity contribution in [1.29, 1.82) is 5.26 Å². The summed E-state index contributed by atoms with van der Waals surface area (Å²) in [5, 5.41) is 31.1. The average Bonchev–Trinajstić information content (AvgIpc) is 2.82. The molecule has 4 aliphatic carbocycles. The minimum atomic E-state index is -1.64. The predicted octanol–water partition coefficient (Wildman–Crippen LogP) is 3.11. The molecule has 27 heavy (non-hydrogen) atoms. The van der Waals surface area contributed by atoms with Crippen LogP contribution in [0, 0.1) is 39.9 Å². The highest BCUT2D eigenvalue weighted by Crippen LogP contribution is 2.67. The van der Waals surface area contributed by atoms with E-state index in [9.17, 15) is 20.3 Å². The molecule has 0 saturated heterocycles. The summed E-state index contributed by atoms with van der Waals surface area (Å²) in [5.41, 5.74) is -0.669. The third-order valence-electron chi connectivity index (χ3n) is 8.78. The molecule has 0 aromatic carbocycles. The number of hydrogen-bond donors (Lipinski definition) is 2. The first kappa shape index (κ1) is 19.0. The van der Waals surface area contributed by atoms with Crippen molar-refractivity contribution in [3.63, 3.8) is 0 Å². The molecule has 0 aromatic heterocycles. The van der Waals surface area contributed by atoms with E-state index in [2.05, 4.69) is 19.1 Å². The van der Waals surface area contributed by atoms with Gasteiger partial charge in [-0.15, -0.1) is 0 Å². The molecular formula is C22H31NO4. The zero-order chi connectivity index (χ0) is 19.6. The van der Waals surface area contributed by atoms with E-state index in [4.69, 9.17) is 4.74 Å². The third kappa shape index (κ3) is 2.46. The van der Waals surface area contributed by atoms with Crippen LogP contribution in [0.3, 0.4) is 0 Å². The number of carbonyl (C=O) groups is 1. The number of hydrogen-bond acceptors (Lipinski definition) is 5. The molecule has 0 bridgehead atoms. The predicted molar refractivity (Wildman–Crippen MR) is 99.2 cm³/mol. The Morgan fingerprint density at radius 1 is 1.30 bits per heavy atom. The zero-order valence-corrected chi connectivity index (χ0v) is 16.6. The van der Waals surface area contributed by atoms with Gasteiger partial charge in [-0.25, -0.2) is 0 Å². The van der Waals surface area contributed by atoms with Crippen LogP contribution in [0.25, 0.3) is 0 Å². The molecule has 4 rings (SSSR count). The first-order chi connectivity index (χ1) is 12.7. The second-order valence-corrected chi connectivity index (χ2v) is 9.82. The van der Waals surface area contributed by atoms with Crippen molar-refractivity contribution in [1.82, 2.24) is 0 Å². The van der Waals surface area contributed by atoms with Gasteiger partial charge in [-0.05, 0) is 61.7 Å². The number of aliphatic hydroxyl groups is 2. The number of fused-ring (bicyclic) bond motifs is 5. The highest BCUT2D eigenvalue weighted by molar-refractivity contribution is 5.66. The van der Waals surface area contributed by atoms with Crippen molar-refractivity contribution in [2.45, 2.75) is 83.5 Å². The van der Waals surface area contributed by atoms with Crippen LogP contribution in [0.15, 0.2) is 11.6 Å². The second-order valence-electron chi connectivity index (χ2n) is 9.82. The minimum Gasteiger partial charge on any atom is -0.462 e. The summed E-state index contributed by atoms with van der Waals surface area (Å²) in [4.78, 5) is 11.3. The number of carbonyl (C=O) groups excluding carboxylic acids is 1. The number of rotatable bonds is 1. The highest BCUT2D eigenvalue weighted by atomic mass is 16.5. The first-order valence-electron chi connectivity index (χ1n) is 10.3. The molecular weight excluding hydrogens is 342 g/mol. The van der Waals surface area contributed by atoms with Crippen molar-refractivity contribution < 1.29 is 19.7 Å². The van der Waals surface area contributed by atoms with Crippen molar-refractivity contribution in [3.8, 4) is 6.07 Å². The Balaban J connectivity index is 1.63. The number of ether oxygens (including phenoxy) is 1. The Morgan fingerprint density at radius 2 is 2.04 bits per heavy atom. The fraction of sp³-hybridized carbons (Fsp3) is 0.818. The van der Waals surface area contributed by atoms with E-state index >= 15 is 0 Å². The fourth-order valence-electron chi connectivity index (χ4n) is 7.18. The van der Waals surface area contributed by atoms with Crippen LogP contribution in [-0.4, -0.2) is 34.0 Å². The van der Waals surface area contributed by atoms with Gasteiger partial charge in [-0.2, -0.15) is 5.26 Å². The molecule has 5 heteroatoms. The van der Waals surface area contributed by atoms with E-state index in [-0.39, 0.29) is 23.4 Å². The zero-order valence-electron chi connectivity index (χ0n) is 16.6. The van der Waals surface area contributed by atoms with Gasteiger partial charge in [0.25, 0.3) is 0 Å². The number of nitriles is 1. The molecule has 4 aliphatic rings. The van der Waals surface area contributed by atoms with Crippen LogP contribution >= 0.6 is 0 Å². The van der Waals surface area contributed by atoms with Gasteiger partial charge in [0.15, 0.2) is 5.60 Å². The van der Waals surface area contributed by atoms with Gasteiger partial charge >= 0.3 is 5.97 Å². The summed E-state index contributed by atoms with van der Waals surface area (Å²) >= 11 is 0. The molecule has 0 heterocycles. The Kier molecular flexibility index (Phi) is 4.25. The fourth-order valence-corrected chi connectivity index (χ4v) is 7.18. The minimum absolute atomic E-state index is 0.00999. The Bertz CT molecular complexity index is 726. The van der Waals surface area contributed by atoms with E-state index in [0.29, 0.717) is 18.3 Å². The van der Waals surface area contributed by atoms with E-state index in [1.54, 1.807) is 0 Å². The smallest absolute Gasteiger partial charge is 0.302 e. The molecule has 3 fully saturated rings. The van der Waals surface area contributed by atoms with Crippen LogP contribution in [0.1, 0.15) is 65.7 Å². The van der Waals surface area contributed by atoms with Crippen LogP contribution < -0.4 is 0 Å². The standard InChI is InChI=1S/C22H31NO4/c1-13(24)27-15-6-8-20(2)14(10-15)4-5-16-17(20)7-9-21(3)18(16)11-19(25)22(21,26)12-23/h4,15-19,25-26H,5-11H2,1-3H3/t15-,16+,17-,18+,19+,20-,21-,22+/m0/s1. The van der Waals surface area contributed by atoms with E-state index < -0.39 is 17.1 Å². The molecule has 0 radical (unpaired) electrons. The SMILES string of the molecule is CC(=O)O[C@H]1CC[C@@]2(C)C(=CC[C@H]3[C@H]4C[C@@H](O)[C@](O)(C#N)[C@@]4(C)CC[C@@H]32)C1. The lowest BCUT2D eigenvalue weighted by Gasteiger charge is -2.58. The summed E-state index contributed by atoms with van der Waals surface area (Å²) in [6, 6.07) is 2.06. The van der Waals surface area contributed by atoms with Gasteiger partial charge in [-0.3, -0.25) is 4.79 Å². The molecule has 0 aliphatic heterocycles. The van der Waals surface area contributed by atoms with Gasteiger partial charge in [0.1, 0.15) is 12.2 Å². The lowest BCUT2D eigenvalue weighted by atomic mass is 9.47. The molecule has 0 aromatic rings. The lowest BCUT2D eigenvalue weighted by molar-refractivity contribution is -0.149. The van der Waals surface area contributed by atoms with Gasteiger partial charge in [0.2, 0.25) is 0 Å². The summed E-state index contributed by atoms with van der Waals surface area (Å²) in [6.45, 7) is 5.83. The highest BCUT2D eigenvalue weighted by Gasteiger charge is 2.67. The third-order valence-corrected chi connectivity index (χ3v) is 8.78. The maximum absolute atomic E-state index is 11.3. The summed E-state index contributed by atoms with van der Waals surface area (Å²) in [6.07, 6.45) is 7.27. The molecule has 0 spiro atoms. The lowest BCUT2D eigenvalue weighted by Crippen LogP contribution is -2.56. The summed E-state index contributed by atoms with van der Waals surface area (Å²) in [7, 11) is 0. The normalized spacial score (nSPS) is 51.3. The largest absolute Gasteiger partial charge is 0.462 e. The Hall–Kier alpha value is -1.38. The van der Waals surface area contributed by atoms with Gasteiger partial charge in [-0.1, -0.05) is 25.5 Å². The maximum atomic E-state index is 11.3. The number of esters is 1. The van der Waals surface area contributed by atoms with Crippen LogP contribution in [0.4, 0.5) is 0 Å². The maximum Gasteiger partial charge on any atom is 0.302 e. The Labute approximate surface area is 161 Å². The first-order valence-corrected chi connectivity index (χ1v) is 10.3. The quantitative estimate of drug-likeness (QED) is 0.419. The molecule has 0 unspecified atom stereocenters. The topological polar surface area (TPSA) is 90.6 Å². The van der Waals surface area contributed by atoms with E-state index in [0.717, 1.165) is 38.5 Å². The molecule has 8 atom stereocenters. The van der Waals surface area contributed by atoms with Crippen molar-refractivity contribution in [2.24, 2.45) is 28.6 Å². The monoisotopic (exact) mass is 373 g/mol. The van der Waals surface area contributed by atoms with Crippen molar-refractivity contribution in [3.05, 3.63) is 11.6 Å². The molecule has 2 N–H and O–H groups in total. The summed E-state index contributed by atoms with van der Waals surface area (Å²) < 4.78 is 5.48. The average molecular weight is 373 g/mol. The molecule has 3 saturated carbocycles. The van der Waals surface area contributed by atoms with Crippen LogP contribution in [0.2, 0.25) is 0 Å². The molecule has 0 amide bonds. The van der Waals surface area contributed by atoms with Crippen LogP contribution in [-0.2, 0) is 9.53 Å². The summed E-state index contributed by atoms with van der Waals surface area (Å²) in [5.74, 6) is 0.848. The molecule has 5 nitrogen and oxygen atoms in total. The molecule has 148 valence electrons. The van der Waals surface area contributed by atoms with Crippen LogP contribution in [0.5, 0.6) is 0 Å². The van der Waals surface area contributed by atoms with Crippen molar-refractivity contribution >= 4 is 5.97 Å². The van der Waals surface area contributed by atoms with Crippen molar-refractivity contribution in [2.75, 3.05) is 0 Å². The van der Waals surface area contributed by atoms with E-state index in [1.807, 2.05) is 6.92 Å². The second kappa shape index (κ2) is 6.06. The van der Waals surface area contributed by atoms with Gasteiger partial charge in [0.05, 0.1) is 6.10 Å². The van der Waals surface area contributed by atoms with E-state index in [1.165, 1.54) is 12.5 Å². The number of aliphatic hydroxyl groups excluding tert-OH is 1. The number of allylic oxidation sites excluding steroid dienone is 1. The van der Waals surface area contributed by atoms with Gasteiger partial charge < -0.3 is 14.9 Å². The Morgan fingerprint density at radius 3 is 2.70 bits per heavy atom.